The van der Waals surface area contributed by atoms with Gasteiger partial charge in [0.05, 0.1) is 5.69 Å². The third kappa shape index (κ3) is 5.58. The standard InChI is InChI=1S/C25H19NO4S/c27-31(28,25-12-5-2-6-13-25)30-24-11-7-8-20(18-24)19-26-21-14-16-23(17-15-21)29-22-9-3-1-4-10-22/h1-19H. The first kappa shape index (κ1) is 20.4. The van der Waals surface area contributed by atoms with E-state index in [-0.39, 0.29) is 10.6 Å². The molecule has 0 amide bonds. The van der Waals surface area contributed by atoms with Gasteiger partial charge in [-0.25, -0.2) is 0 Å². The second kappa shape index (κ2) is 9.28. The van der Waals surface area contributed by atoms with Crippen molar-refractivity contribution in [3.05, 3.63) is 115 Å². The van der Waals surface area contributed by atoms with Gasteiger partial charge in [-0.3, -0.25) is 4.99 Å². The molecule has 4 rings (SSSR count). The van der Waals surface area contributed by atoms with E-state index < -0.39 is 10.1 Å². The van der Waals surface area contributed by atoms with E-state index in [0.717, 1.165) is 11.4 Å². The number of nitrogens with zero attached hydrogens (tertiary/aromatic N) is 1. The zero-order valence-corrected chi connectivity index (χ0v) is 17.3. The van der Waals surface area contributed by atoms with E-state index in [0.29, 0.717) is 11.3 Å². The summed E-state index contributed by atoms with van der Waals surface area (Å²) in [5, 5.41) is 0. The molecule has 0 aromatic heterocycles. The lowest BCUT2D eigenvalue weighted by atomic mass is 10.2. The monoisotopic (exact) mass is 429 g/mol. The molecule has 0 bridgehead atoms. The maximum Gasteiger partial charge on any atom is 0.339 e. The maximum absolute atomic E-state index is 12.4. The lowest BCUT2D eigenvalue weighted by Gasteiger charge is -2.07. The van der Waals surface area contributed by atoms with Gasteiger partial charge in [-0.15, -0.1) is 0 Å². The van der Waals surface area contributed by atoms with E-state index in [2.05, 4.69) is 4.99 Å². The van der Waals surface area contributed by atoms with E-state index in [1.165, 1.54) is 12.1 Å². The van der Waals surface area contributed by atoms with Gasteiger partial charge in [-0.2, -0.15) is 8.42 Å². The van der Waals surface area contributed by atoms with E-state index >= 15 is 0 Å². The molecule has 154 valence electrons. The number of rotatable bonds is 7. The van der Waals surface area contributed by atoms with Crippen molar-refractivity contribution in [1.29, 1.82) is 0 Å². The zero-order valence-electron chi connectivity index (χ0n) is 16.5. The molecule has 0 N–H and O–H groups in total. The fourth-order valence-electron chi connectivity index (χ4n) is 2.78. The Hall–Kier alpha value is -3.90. The molecule has 0 aliphatic heterocycles. The molecule has 0 unspecified atom stereocenters. The van der Waals surface area contributed by atoms with Crippen molar-refractivity contribution in [2.45, 2.75) is 4.90 Å². The Balaban J connectivity index is 1.44. The Morgan fingerprint density at radius 3 is 1.97 bits per heavy atom. The van der Waals surface area contributed by atoms with Gasteiger partial charge in [0, 0.05) is 6.21 Å². The van der Waals surface area contributed by atoms with Crippen molar-refractivity contribution >= 4 is 22.0 Å². The average Bonchev–Trinajstić information content (AvgIpc) is 2.80. The molecule has 0 radical (unpaired) electrons. The molecule has 6 heteroatoms. The van der Waals surface area contributed by atoms with E-state index in [4.69, 9.17) is 8.92 Å². The van der Waals surface area contributed by atoms with Crippen LogP contribution in [0.5, 0.6) is 17.2 Å². The van der Waals surface area contributed by atoms with Crippen LogP contribution in [0.4, 0.5) is 5.69 Å². The zero-order chi connectivity index (χ0) is 21.5. The van der Waals surface area contributed by atoms with Gasteiger partial charge in [0.15, 0.2) is 0 Å². The molecular formula is C25H19NO4S. The third-order valence-electron chi connectivity index (χ3n) is 4.27. The van der Waals surface area contributed by atoms with E-state index in [9.17, 15) is 8.42 Å². The Labute approximate surface area is 181 Å². The second-order valence-electron chi connectivity index (χ2n) is 6.59. The first-order chi connectivity index (χ1) is 15.1. The first-order valence-electron chi connectivity index (χ1n) is 9.55. The highest BCUT2D eigenvalue weighted by atomic mass is 32.2. The van der Waals surface area contributed by atoms with Crippen LogP contribution >= 0.6 is 0 Å². The van der Waals surface area contributed by atoms with Crippen molar-refractivity contribution in [2.75, 3.05) is 0 Å². The molecule has 0 spiro atoms. The van der Waals surface area contributed by atoms with Crippen molar-refractivity contribution in [3.63, 3.8) is 0 Å². The van der Waals surface area contributed by atoms with Crippen LogP contribution in [0.2, 0.25) is 0 Å². The Kier molecular flexibility index (Phi) is 6.10. The van der Waals surface area contributed by atoms with Crippen molar-refractivity contribution in [1.82, 2.24) is 0 Å². The van der Waals surface area contributed by atoms with Crippen LogP contribution in [0.3, 0.4) is 0 Å². The van der Waals surface area contributed by atoms with Gasteiger partial charge >= 0.3 is 10.1 Å². The number of benzene rings is 4. The molecule has 0 heterocycles. The molecule has 5 nitrogen and oxygen atoms in total. The first-order valence-corrected chi connectivity index (χ1v) is 11.0. The van der Waals surface area contributed by atoms with Crippen LogP contribution in [-0.2, 0) is 10.1 Å². The minimum absolute atomic E-state index is 0.104. The van der Waals surface area contributed by atoms with Crippen molar-refractivity contribution in [2.24, 2.45) is 4.99 Å². The fourth-order valence-corrected chi connectivity index (χ4v) is 3.73. The molecule has 0 saturated heterocycles. The quantitative estimate of drug-likeness (QED) is 0.267. The van der Waals surface area contributed by atoms with Gasteiger partial charge in [-0.1, -0.05) is 48.5 Å². The Bertz CT molecular complexity index is 1270. The van der Waals surface area contributed by atoms with Crippen molar-refractivity contribution in [3.8, 4) is 17.2 Å². The minimum Gasteiger partial charge on any atom is -0.457 e. The predicted octanol–water partition coefficient (Wildman–Crippen LogP) is 6.00. The normalized spacial score (nSPS) is 11.4. The summed E-state index contributed by atoms with van der Waals surface area (Å²) in [6, 6.07) is 31.7. The highest BCUT2D eigenvalue weighted by Gasteiger charge is 2.15. The summed E-state index contributed by atoms with van der Waals surface area (Å²) in [6.07, 6.45) is 1.65. The minimum atomic E-state index is -3.89. The highest BCUT2D eigenvalue weighted by Crippen LogP contribution is 2.24. The summed E-state index contributed by atoms with van der Waals surface area (Å²) in [5.41, 5.74) is 1.45. The highest BCUT2D eigenvalue weighted by molar-refractivity contribution is 7.87. The van der Waals surface area contributed by atoms with Gasteiger partial charge in [0.25, 0.3) is 0 Å². The molecule has 0 atom stereocenters. The SMILES string of the molecule is O=S(=O)(Oc1cccc(C=Nc2ccc(Oc3ccccc3)cc2)c1)c1ccccc1. The summed E-state index contributed by atoms with van der Waals surface area (Å²) in [4.78, 5) is 4.54. The molecule has 0 aliphatic carbocycles. The number of hydrogen-bond acceptors (Lipinski definition) is 5. The molecule has 31 heavy (non-hydrogen) atoms. The molecule has 0 fully saturated rings. The van der Waals surface area contributed by atoms with Crippen LogP contribution in [0.25, 0.3) is 0 Å². The smallest absolute Gasteiger partial charge is 0.339 e. The Morgan fingerprint density at radius 1 is 0.645 bits per heavy atom. The van der Waals surface area contributed by atoms with Crippen LogP contribution in [0.15, 0.2) is 119 Å². The largest absolute Gasteiger partial charge is 0.457 e. The van der Waals surface area contributed by atoms with Crippen molar-refractivity contribution < 1.29 is 17.3 Å². The lowest BCUT2D eigenvalue weighted by molar-refractivity contribution is 0.482. The van der Waals surface area contributed by atoms with Crippen LogP contribution in [-0.4, -0.2) is 14.6 Å². The lowest BCUT2D eigenvalue weighted by Crippen LogP contribution is -2.09. The predicted molar refractivity (Wildman–Crippen MR) is 121 cm³/mol. The summed E-state index contributed by atoms with van der Waals surface area (Å²) < 4.78 is 35.8. The topological polar surface area (TPSA) is 65.0 Å². The van der Waals surface area contributed by atoms with Crippen LogP contribution in [0, 0.1) is 0 Å². The molecular weight excluding hydrogens is 410 g/mol. The third-order valence-corrected chi connectivity index (χ3v) is 5.54. The summed E-state index contributed by atoms with van der Waals surface area (Å²) >= 11 is 0. The summed E-state index contributed by atoms with van der Waals surface area (Å²) in [7, 11) is -3.89. The van der Waals surface area contributed by atoms with Gasteiger partial charge in [-0.05, 0) is 66.2 Å². The number of aliphatic imine (C=N–C) groups is 1. The van der Waals surface area contributed by atoms with Gasteiger partial charge < -0.3 is 8.92 Å². The van der Waals surface area contributed by atoms with E-state index in [1.54, 1.807) is 42.6 Å². The summed E-state index contributed by atoms with van der Waals surface area (Å²) in [6.45, 7) is 0. The molecule has 0 saturated carbocycles. The van der Waals surface area contributed by atoms with Crippen LogP contribution in [0.1, 0.15) is 5.56 Å². The Morgan fingerprint density at radius 2 is 1.26 bits per heavy atom. The summed E-state index contributed by atoms with van der Waals surface area (Å²) in [5.74, 6) is 1.70. The maximum atomic E-state index is 12.4. The number of hydrogen-bond donors (Lipinski definition) is 0. The van der Waals surface area contributed by atoms with Gasteiger partial charge in [0.1, 0.15) is 22.1 Å². The average molecular weight is 429 g/mol. The molecule has 4 aromatic carbocycles. The fraction of sp³-hybridized carbons (Fsp3) is 0. The number of ether oxygens (including phenoxy) is 1. The second-order valence-corrected chi connectivity index (χ2v) is 8.14. The van der Waals surface area contributed by atoms with Gasteiger partial charge in [0.2, 0.25) is 0 Å². The molecule has 0 aliphatic rings. The van der Waals surface area contributed by atoms with E-state index in [1.807, 2.05) is 60.7 Å². The van der Waals surface area contributed by atoms with Crippen LogP contribution < -0.4 is 8.92 Å². The molecule has 4 aromatic rings. The number of para-hydroxylation sites is 1.